The average molecular weight is 199 g/mol. The summed E-state index contributed by atoms with van der Waals surface area (Å²) in [5.41, 5.74) is 0.107. The van der Waals surface area contributed by atoms with E-state index in [1.54, 1.807) is 6.92 Å². The molecule has 1 aliphatic heterocycles. The number of carboxylic acids is 1. The van der Waals surface area contributed by atoms with Gasteiger partial charge in [0.15, 0.2) is 0 Å². The van der Waals surface area contributed by atoms with Crippen LogP contribution in [0.25, 0.3) is 0 Å². The fourth-order valence-electron chi connectivity index (χ4n) is 2.30. The molecule has 14 heavy (non-hydrogen) atoms. The van der Waals surface area contributed by atoms with Crippen molar-refractivity contribution in [2.24, 2.45) is 0 Å². The lowest BCUT2D eigenvalue weighted by Gasteiger charge is -2.37. The zero-order valence-corrected chi connectivity index (χ0v) is 8.45. The third-order valence-electron chi connectivity index (χ3n) is 3.33. The van der Waals surface area contributed by atoms with Crippen LogP contribution in [0.4, 0.5) is 0 Å². The predicted molar refractivity (Wildman–Crippen MR) is 51.2 cm³/mol. The van der Waals surface area contributed by atoms with Gasteiger partial charge in [0.2, 0.25) is 0 Å². The molecule has 1 saturated heterocycles. The highest BCUT2D eigenvalue weighted by Crippen LogP contribution is 2.43. The third-order valence-corrected chi connectivity index (χ3v) is 3.33. The maximum atomic E-state index is 10.6. The van der Waals surface area contributed by atoms with Gasteiger partial charge in [0.25, 0.3) is 0 Å². The summed E-state index contributed by atoms with van der Waals surface area (Å²) in [4.78, 5) is 10.6. The molecule has 1 heterocycles. The van der Waals surface area contributed by atoms with Crippen molar-refractivity contribution in [3.8, 4) is 0 Å². The van der Waals surface area contributed by atoms with E-state index in [2.05, 4.69) is 5.32 Å². The van der Waals surface area contributed by atoms with Crippen molar-refractivity contribution in [3.05, 3.63) is 0 Å². The van der Waals surface area contributed by atoms with Crippen molar-refractivity contribution in [2.75, 3.05) is 6.61 Å². The quantitative estimate of drug-likeness (QED) is 0.704. The van der Waals surface area contributed by atoms with Gasteiger partial charge in [-0.1, -0.05) is 0 Å². The summed E-state index contributed by atoms with van der Waals surface area (Å²) in [5, 5.41) is 11.8. The molecule has 2 atom stereocenters. The maximum absolute atomic E-state index is 10.6. The number of aliphatic carboxylic acids is 1. The monoisotopic (exact) mass is 199 g/mol. The Balaban J connectivity index is 1.81. The normalized spacial score (nSPS) is 31.4. The first-order valence-corrected chi connectivity index (χ1v) is 5.24. The van der Waals surface area contributed by atoms with Crippen LogP contribution >= 0.6 is 0 Å². The van der Waals surface area contributed by atoms with E-state index >= 15 is 0 Å². The molecule has 2 unspecified atom stereocenters. The third kappa shape index (κ3) is 1.77. The Labute approximate surface area is 83.6 Å². The van der Waals surface area contributed by atoms with E-state index in [1.165, 1.54) is 6.42 Å². The topological polar surface area (TPSA) is 58.6 Å². The smallest absolute Gasteiger partial charge is 0.320 e. The van der Waals surface area contributed by atoms with Gasteiger partial charge >= 0.3 is 5.97 Å². The van der Waals surface area contributed by atoms with Gasteiger partial charge in [-0.25, -0.2) is 0 Å². The highest BCUT2D eigenvalue weighted by Gasteiger charge is 2.45. The molecule has 2 aliphatic rings. The van der Waals surface area contributed by atoms with Crippen LogP contribution in [0.1, 0.15) is 32.6 Å². The van der Waals surface area contributed by atoms with E-state index in [4.69, 9.17) is 9.84 Å². The molecule has 80 valence electrons. The number of hydrogen-bond donors (Lipinski definition) is 2. The lowest BCUT2D eigenvalue weighted by Crippen LogP contribution is -2.43. The molecule has 0 radical (unpaired) electrons. The zero-order valence-electron chi connectivity index (χ0n) is 8.45. The number of hydrogen-bond acceptors (Lipinski definition) is 3. The van der Waals surface area contributed by atoms with Crippen molar-refractivity contribution < 1.29 is 14.6 Å². The molecule has 1 spiro atoms. The minimum Gasteiger partial charge on any atom is -0.480 e. The van der Waals surface area contributed by atoms with Gasteiger partial charge in [0.1, 0.15) is 6.04 Å². The first-order chi connectivity index (χ1) is 6.61. The Hall–Kier alpha value is -0.610. The zero-order chi connectivity index (χ0) is 10.2. The average Bonchev–Trinajstić information content (AvgIpc) is 2.47. The van der Waals surface area contributed by atoms with E-state index in [9.17, 15) is 4.79 Å². The molecule has 2 N–H and O–H groups in total. The Morgan fingerprint density at radius 3 is 2.79 bits per heavy atom. The van der Waals surface area contributed by atoms with Crippen LogP contribution in [0.2, 0.25) is 0 Å². The fraction of sp³-hybridized carbons (Fsp3) is 0.900. The first-order valence-electron chi connectivity index (χ1n) is 5.24. The lowest BCUT2D eigenvalue weighted by molar-refractivity contribution is -0.139. The molecule has 1 saturated carbocycles. The van der Waals surface area contributed by atoms with Crippen LogP contribution < -0.4 is 5.32 Å². The molecular weight excluding hydrogens is 182 g/mol. The number of rotatable bonds is 3. The number of nitrogens with one attached hydrogen (secondary N) is 1. The summed E-state index contributed by atoms with van der Waals surface area (Å²) in [7, 11) is 0. The first kappa shape index (κ1) is 9.93. The van der Waals surface area contributed by atoms with Gasteiger partial charge in [-0.2, -0.15) is 0 Å². The molecule has 4 heteroatoms. The van der Waals surface area contributed by atoms with E-state index in [-0.39, 0.29) is 11.6 Å². The van der Waals surface area contributed by atoms with Gasteiger partial charge in [-0.3, -0.25) is 10.1 Å². The summed E-state index contributed by atoms with van der Waals surface area (Å²) < 4.78 is 5.71. The second-order valence-corrected chi connectivity index (χ2v) is 4.48. The van der Waals surface area contributed by atoms with Crippen LogP contribution in [0.15, 0.2) is 0 Å². The Kier molecular flexibility index (Phi) is 2.49. The molecular formula is C10H17NO3. The number of ether oxygens (including phenoxy) is 1. The molecule has 0 aromatic carbocycles. The maximum Gasteiger partial charge on any atom is 0.320 e. The standard InChI is InChI=1S/C10H17NO3/c1-7(9(12)13)11-8-5-10(14-6-8)3-2-4-10/h7-8,11H,2-6H2,1H3,(H,12,13). The van der Waals surface area contributed by atoms with Crippen molar-refractivity contribution in [2.45, 2.75) is 50.3 Å². The summed E-state index contributed by atoms with van der Waals surface area (Å²) in [6.45, 7) is 2.34. The Bertz CT molecular complexity index is 238. The summed E-state index contributed by atoms with van der Waals surface area (Å²) >= 11 is 0. The molecule has 0 bridgehead atoms. The van der Waals surface area contributed by atoms with Crippen molar-refractivity contribution in [3.63, 3.8) is 0 Å². The van der Waals surface area contributed by atoms with Crippen LogP contribution in [0.5, 0.6) is 0 Å². The van der Waals surface area contributed by atoms with E-state index in [1.807, 2.05) is 0 Å². The predicted octanol–water partition coefficient (Wildman–Crippen LogP) is 0.761. The molecule has 1 aliphatic carbocycles. The van der Waals surface area contributed by atoms with Crippen LogP contribution in [-0.2, 0) is 9.53 Å². The van der Waals surface area contributed by atoms with Crippen LogP contribution in [-0.4, -0.2) is 35.4 Å². The van der Waals surface area contributed by atoms with Crippen LogP contribution in [0.3, 0.4) is 0 Å². The van der Waals surface area contributed by atoms with E-state index in [0.717, 1.165) is 19.3 Å². The highest BCUT2D eigenvalue weighted by molar-refractivity contribution is 5.72. The van der Waals surface area contributed by atoms with Crippen LogP contribution in [0, 0.1) is 0 Å². The highest BCUT2D eigenvalue weighted by atomic mass is 16.5. The van der Waals surface area contributed by atoms with Gasteiger partial charge in [0.05, 0.1) is 12.2 Å². The van der Waals surface area contributed by atoms with Gasteiger partial charge in [-0.15, -0.1) is 0 Å². The number of carbonyl (C=O) groups is 1. The molecule has 0 aromatic rings. The molecule has 0 aromatic heterocycles. The number of carboxylic acid groups (broad SMARTS) is 1. The van der Waals surface area contributed by atoms with Crippen molar-refractivity contribution in [1.29, 1.82) is 0 Å². The minimum absolute atomic E-state index is 0.107. The summed E-state index contributed by atoms with van der Waals surface area (Å²) in [6, 6.07) is -0.250. The molecule has 2 fully saturated rings. The Morgan fingerprint density at radius 2 is 2.36 bits per heavy atom. The fourth-order valence-corrected chi connectivity index (χ4v) is 2.30. The van der Waals surface area contributed by atoms with Crippen molar-refractivity contribution >= 4 is 5.97 Å². The van der Waals surface area contributed by atoms with E-state index in [0.29, 0.717) is 6.61 Å². The van der Waals surface area contributed by atoms with Gasteiger partial charge in [-0.05, 0) is 32.6 Å². The summed E-state index contributed by atoms with van der Waals surface area (Å²) in [5.74, 6) is -0.792. The summed E-state index contributed by atoms with van der Waals surface area (Å²) in [6.07, 6.45) is 4.52. The van der Waals surface area contributed by atoms with E-state index < -0.39 is 12.0 Å². The second-order valence-electron chi connectivity index (χ2n) is 4.48. The largest absolute Gasteiger partial charge is 0.480 e. The molecule has 0 amide bonds. The molecule has 4 nitrogen and oxygen atoms in total. The Morgan fingerprint density at radius 1 is 1.64 bits per heavy atom. The molecule has 2 rings (SSSR count). The lowest BCUT2D eigenvalue weighted by atomic mass is 9.77. The minimum atomic E-state index is -0.792. The second kappa shape index (κ2) is 3.51. The van der Waals surface area contributed by atoms with Gasteiger partial charge in [0, 0.05) is 6.04 Å². The van der Waals surface area contributed by atoms with Crippen molar-refractivity contribution in [1.82, 2.24) is 5.32 Å². The van der Waals surface area contributed by atoms with Gasteiger partial charge < -0.3 is 9.84 Å². The SMILES string of the molecule is CC(NC1COC2(CCC2)C1)C(=O)O.